The second-order valence-corrected chi connectivity index (χ2v) is 4.52. The van der Waals surface area contributed by atoms with E-state index in [1.54, 1.807) is 7.11 Å². The van der Waals surface area contributed by atoms with E-state index < -0.39 is 0 Å². The van der Waals surface area contributed by atoms with Crippen molar-refractivity contribution in [2.45, 2.75) is 13.0 Å². The molecule has 16 heavy (non-hydrogen) atoms. The number of amides is 1. The Morgan fingerprint density at radius 3 is 2.88 bits per heavy atom. The van der Waals surface area contributed by atoms with Gasteiger partial charge in [0, 0.05) is 13.0 Å². The summed E-state index contributed by atoms with van der Waals surface area (Å²) in [6, 6.07) is 5.72. The number of thiol groups is 1. The number of halogens is 1. The maximum Gasteiger partial charge on any atom is 0.221 e. The first-order valence-corrected chi connectivity index (χ1v) is 6.30. The third-order valence-electron chi connectivity index (χ3n) is 2.04. The Morgan fingerprint density at radius 2 is 2.31 bits per heavy atom. The quantitative estimate of drug-likeness (QED) is 0.820. The van der Waals surface area contributed by atoms with Crippen molar-refractivity contribution in [2.75, 3.05) is 12.9 Å². The molecular formula is C11H14BrNO2S. The molecule has 1 rings (SSSR count). The molecule has 0 aliphatic carbocycles. The molecule has 0 aliphatic rings. The zero-order chi connectivity index (χ0) is 12.0. The fraction of sp³-hybridized carbons (Fsp3) is 0.364. The number of nitrogens with one attached hydrogen (secondary N) is 1. The molecule has 0 radical (unpaired) electrons. The number of ether oxygens (including phenoxy) is 1. The number of methoxy groups -OCH3 is 1. The number of benzene rings is 1. The molecule has 0 aromatic heterocycles. The minimum atomic E-state index is 0.0157. The van der Waals surface area contributed by atoms with Crippen LogP contribution >= 0.6 is 28.6 Å². The number of hydrogen-bond donors (Lipinski definition) is 2. The van der Waals surface area contributed by atoms with Crippen LogP contribution in [0.25, 0.3) is 0 Å². The highest BCUT2D eigenvalue weighted by Gasteiger charge is 2.03. The topological polar surface area (TPSA) is 38.3 Å². The lowest BCUT2D eigenvalue weighted by molar-refractivity contribution is -0.120. The molecule has 88 valence electrons. The van der Waals surface area contributed by atoms with Crippen LogP contribution < -0.4 is 10.1 Å². The second-order valence-electron chi connectivity index (χ2n) is 3.22. The van der Waals surface area contributed by atoms with Crippen LogP contribution in [0.3, 0.4) is 0 Å². The summed E-state index contributed by atoms with van der Waals surface area (Å²) in [4.78, 5) is 11.2. The molecule has 0 saturated carbocycles. The molecule has 0 atom stereocenters. The fourth-order valence-electron chi connectivity index (χ4n) is 1.21. The van der Waals surface area contributed by atoms with Crippen molar-refractivity contribution in [1.29, 1.82) is 0 Å². The maximum atomic E-state index is 11.2. The number of carbonyl (C=O) groups is 1. The van der Waals surface area contributed by atoms with Gasteiger partial charge in [-0.1, -0.05) is 6.07 Å². The molecule has 0 unspecified atom stereocenters. The first kappa shape index (κ1) is 13.4. The van der Waals surface area contributed by atoms with Gasteiger partial charge in [-0.05, 0) is 39.4 Å². The minimum Gasteiger partial charge on any atom is -0.496 e. The van der Waals surface area contributed by atoms with Gasteiger partial charge < -0.3 is 10.1 Å². The van der Waals surface area contributed by atoms with Gasteiger partial charge in [-0.25, -0.2) is 0 Å². The van der Waals surface area contributed by atoms with Gasteiger partial charge in [0.2, 0.25) is 5.91 Å². The summed E-state index contributed by atoms with van der Waals surface area (Å²) in [5, 5.41) is 2.82. The maximum absolute atomic E-state index is 11.2. The predicted molar refractivity (Wildman–Crippen MR) is 71.0 cm³/mol. The zero-order valence-corrected chi connectivity index (χ0v) is 11.5. The van der Waals surface area contributed by atoms with Crippen LogP contribution in [0.15, 0.2) is 22.7 Å². The predicted octanol–water partition coefficient (Wildman–Crippen LogP) is 2.39. The summed E-state index contributed by atoms with van der Waals surface area (Å²) in [5.41, 5.74) is 1.03. The van der Waals surface area contributed by atoms with E-state index in [9.17, 15) is 4.79 Å². The Labute approximate surface area is 109 Å². The summed E-state index contributed by atoms with van der Waals surface area (Å²) in [7, 11) is 1.62. The van der Waals surface area contributed by atoms with Crippen molar-refractivity contribution in [3.8, 4) is 5.75 Å². The third-order valence-corrected chi connectivity index (χ3v) is 2.89. The van der Waals surface area contributed by atoms with Gasteiger partial charge in [0.25, 0.3) is 0 Å². The Balaban J connectivity index is 2.55. The molecule has 0 aliphatic heterocycles. The molecule has 1 amide bonds. The van der Waals surface area contributed by atoms with E-state index in [0.717, 1.165) is 15.8 Å². The van der Waals surface area contributed by atoms with Crippen LogP contribution in [-0.2, 0) is 11.3 Å². The smallest absolute Gasteiger partial charge is 0.221 e. The van der Waals surface area contributed by atoms with E-state index >= 15 is 0 Å². The summed E-state index contributed by atoms with van der Waals surface area (Å²) in [6.45, 7) is 0.523. The van der Waals surface area contributed by atoms with E-state index in [4.69, 9.17) is 4.74 Å². The van der Waals surface area contributed by atoms with Gasteiger partial charge in [-0.15, -0.1) is 0 Å². The average Bonchev–Trinajstić information content (AvgIpc) is 2.27. The molecule has 1 N–H and O–H groups in total. The van der Waals surface area contributed by atoms with Crippen molar-refractivity contribution in [3.05, 3.63) is 28.2 Å². The second kappa shape index (κ2) is 6.81. The number of carbonyl (C=O) groups excluding carboxylic acids is 1. The van der Waals surface area contributed by atoms with Crippen LogP contribution in [0.2, 0.25) is 0 Å². The van der Waals surface area contributed by atoms with E-state index in [-0.39, 0.29) is 5.91 Å². The van der Waals surface area contributed by atoms with Crippen LogP contribution in [-0.4, -0.2) is 18.8 Å². The SMILES string of the molecule is COc1ccc(CNC(=O)CCS)cc1Br. The Morgan fingerprint density at radius 1 is 1.56 bits per heavy atom. The first-order valence-electron chi connectivity index (χ1n) is 4.87. The van der Waals surface area contributed by atoms with Crippen molar-refractivity contribution in [1.82, 2.24) is 5.32 Å². The molecule has 0 bridgehead atoms. The summed E-state index contributed by atoms with van der Waals surface area (Å²) in [5.74, 6) is 1.37. The monoisotopic (exact) mass is 303 g/mol. The third kappa shape index (κ3) is 4.06. The molecule has 0 fully saturated rings. The van der Waals surface area contributed by atoms with Gasteiger partial charge in [0.05, 0.1) is 11.6 Å². The standard InChI is InChI=1S/C11H14BrNO2S/c1-15-10-3-2-8(6-9(10)12)7-13-11(14)4-5-16/h2-3,6,16H,4-5,7H2,1H3,(H,13,14). The van der Waals surface area contributed by atoms with Crippen LogP contribution in [0.5, 0.6) is 5.75 Å². The van der Waals surface area contributed by atoms with Crippen molar-refractivity contribution in [3.63, 3.8) is 0 Å². The molecule has 3 nitrogen and oxygen atoms in total. The molecule has 1 aromatic rings. The summed E-state index contributed by atoms with van der Waals surface area (Å²) in [6.07, 6.45) is 0.445. The molecule has 1 aromatic carbocycles. The molecule has 0 spiro atoms. The molecule has 0 saturated heterocycles. The fourth-order valence-corrected chi connectivity index (χ4v) is 2.00. The highest BCUT2D eigenvalue weighted by Crippen LogP contribution is 2.25. The Hall–Kier alpha value is -0.680. The first-order chi connectivity index (χ1) is 7.67. The highest BCUT2D eigenvalue weighted by molar-refractivity contribution is 9.10. The van der Waals surface area contributed by atoms with Gasteiger partial charge in [-0.3, -0.25) is 4.79 Å². The van der Waals surface area contributed by atoms with Crippen LogP contribution in [0.4, 0.5) is 0 Å². The normalized spacial score (nSPS) is 9.94. The van der Waals surface area contributed by atoms with E-state index in [1.807, 2.05) is 18.2 Å². The molecule has 0 heterocycles. The zero-order valence-electron chi connectivity index (χ0n) is 9.00. The number of hydrogen-bond acceptors (Lipinski definition) is 3. The summed E-state index contributed by atoms with van der Waals surface area (Å²) < 4.78 is 6.00. The van der Waals surface area contributed by atoms with Gasteiger partial charge >= 0.3 is 0 Å². The van der Waals surface area contributed by atoms with Crippen molar-refractivity contribution < 1.29 is 9.53 Å². The van der Waals surface area contributed by atoms with Crippen molar-refractivity contribution >= 4 is 34.5 Å². The van der Waals surface area contributed by atoms with E-state index in [1.165, 1.54) is 0 Å². The largest absolute Gasteiger partial charge is 0.496 e. The highest BCUT2D eigenvalue weighted by atomic mass is 79.9. The Kier molecular flexibility index (Phi) is 5.69. The average molecular weight is 304 g/mol. The van der Waals surface area contributed by atoms with Crippen LogP contribution in [0, 0.1) is 0 Å². The van der Waals surface area contributed by atoms with Crippen molar-refractivity contribution in [2.24, 2.45) is 0 Å². The lowest BCUT2D eigenvalue weighted by Gasteiger charge is -2.07. The molecular weight excluding hydrogens is 290 g/mol. The van der Waals surface area contributed by atoms with Gasteiger partial charge in [0.15, 0.2) is 0 Å². The minimum absolute atomic E-state index is 0.0157. The van der Waals surface area contributed by atoms with Gasteiger partial charge in [0.1, 0.15) is 5.75 Å². The van der Waals surface area contributed by atoms with Gasteiger partial charge in [-0.2, -0.15) is 12.6 Å². The number of rotatable bonds is 5. The Bertz CT molecular complexity index is 371. The van der Waals surface area contributed by atoms with Crippen LogP contribution in [0.1, 0.15) is 12.0 Å². The molecule has 5 heteroatoms. The summed E-state index contributed by atoms with van der Waals surface area (Å²) >= 11 is 7.39. The lowest BCUT2D eigenvalue weighted by atomic mass is 10.2. The van der Waals surface area contributed by atoms with E-state index in [2.05, 4.69) is 33.9 Å². The lowest BCUT2D eigenvalue weighted by Crippen LogP contribution is -2.22. The van der Waals surface area contributed by atoms with E-state index in [0.29, 0.717) is 18.7 Å².